The minimum absolute atomic E-state index is 0.0695. The SMILES string of the molecule is O=C(NC[C@H]1C[C@H]1C1CCCCC1)c1cc(C2CC2)on1. The van der Waals surface area contributed by atoms with E-state index in [0.717, 1.165) is 24.1 Å². The molecule has 3 fully saturated rings. The number of nitrogens with zero attached hydrogens (tertiary/aromatic N) is 1. The lowest BCUT2D eigenvalue weighted by atomic mass is 9.85. The maximum Gasteiger partial charge on any atom is 0.273 e. The van der Waals surface area contributed by atoms with Crippen LogP contribution in [0.1, 0.15) is 73.5 Å². The summed E-state index contributed by atoms with van der Waals surface area (Å²) in [5.74, 6) is 3.82. The Labute approximate surface area is 125 Å². The van der Waals surface area contributed by atoms with E-state index in [4.69, 9.17) is 4.52 Å². The zero-order valence-corrected chi connectivity index (χ0v) is 12.5. The predicted octanol–water partition coefficient (Wildman–Crippen LogP) is 3.50. The van der Waals surface area contributed by atoms with Crippen LogP contribution in [0, 0.1) is 17.8 Å². The molecular weight excluding hydrogens is 264 g/mol. The molecule has 3 saturated carbocycles. The summed E-state index contributed by atoms with van der Waals surface area (Å²) >= 11 is 0. The first-order valence-electron chi connectivity index (χ1n) is 8.56. The quantitative estimate of drug-likeness (QED) is 0.902. The molecule has 1 aromatic heterocycles. The summed E-state index contributed by atoms with van der Waals surface area (Å²) in [6.45, 7) is 0.811. The Morgan fingerprint density at radius 2 is 2.05 bits per heavy atom. The number of hydrogen-bond acceptors (Lipinski definition) is 3. The molecule has 4 rings (SSSR count). The highest BCUT2D eigenvalue weighted by Gasteiger charge is 2.42. The van der Waals surface area contributed by atoms with Crippen molar-refractivity contribution in [2.24, 2.45) is 17.8 Å². The first kappa shape index (κ1) is 13.4. The van der Waals surface area contributed by atoms with Gasteiger partial charge in [-0.1, -0.05) is 37.3 Å². The molecule has 0 bridgehead atoms. The molecule has 21 heavy (non-hydrogen) atoms. The third-order valence-corrected chi connectivity index (χ3v) is 5.50. The van der Waals surface area contributed by atoms with Crippen LogP contribution in [0.15, 0.2) is 10.6 Å². The Bertz CT molecular complexity index is 515. The molecule has 3 aliphatic rings. The van der Waals surface area contributed by atoms with Gasteiger partial charge in [0.05, 0.1) is 0 Å². The third-order valence-electron chi connectivity index (χ3n) is 5.50. The number of carbonyl (C=O) groups excluding carboxylic acids is 1. The molecule has 2 atom stereocenters. The number of aromatic nitrogens is 1. The van der Waals surface area contributed by atoms with E-state index >= 15 is 0 Å². The number of nitrogens with one attached hydrogen (secondary N) is 1. The Morgan fingerprint density at radius 1 is 1.24 bits per heavy atom. The topological polar surface area (TPSA) is 55.1 Å². The van der Waals surface area contributed by atoms with E-state index < -0.39 is 0 Å². The van der Waals surface area contributed by atoms with Crippen LogP contribution in [-0.4, -0.2) is 17.6 Å². The van der Waals surface area contributed by atoms with Crippen LogP contribution in [0.2, 0.25) is 0 Å². The maximum atomic E-state index is 12.1. The standard InChI is InChI=1S/C17H24N2O2/c20-17(15-9-16(21-19-15)12-6-7-12)18-10-13-8-14(13)11-4-2-1-3-5-11/h9,11-14H,1-8,10H2,(H,18,20)/t13-,14+/m1/s1. The van der Waals surface area contributed by atoms with Gasteiger partial charge in [0.1, 0.15) is 5.76 Å². The van der Waals surface area contributed by atoms with Gasteiger partial charge in [0.25, 0.3) is 5.91 Å². The van der Waals surface area contributed by atoms with Crippen LogP contribution < -0.4 is 5.32 Å². The molecule has 4 heteroatoms. The van der Waals surface area contributed by atoms with E-state index in [1.54, 1.807) is 0 Å². The van der Waals surface area contributed by atoms with Gasteiger partial charge in [-0.3, -0.25) is 4.79 Å². The minimum atomic E-state index is -0.0695. The molecule has 0 aromatic carbocycles. The number of carbonyl (C=O) groups is 1. The smallest absolute Gasteiger partial charge is 0.273 e. The number of hydrogen-bond donors (Lipinski definition) is 1. The number of amides is 1. The largest absolute Gasteiger partial charge is 0.360 e. The zero-order valence-electron chi connectivity index (χ0n) is 12.5. The molecule has 1 aromatic rings. The molecule has 114 valence electrons. The van der Waals surface area contributed by atoms with Gasteiger partial charge in [-0.15, -0.1) is 0 Å². The molecule has 0 saturated heterocycles. The third kappa shape index (κ3) is 2.99. The summed E-state index contributed by atoms with van der Waals surface area (Å²) in [6.07, 6.45) is 10.7. The van der Waals surface area contributed by atoms with Gasteiger partial charge in [0.15, 0.2) is 5.69 Å². The van der Waals surface area contributed by atoms with Gasteiger partial charge in [0, 0.05) is 18.5 Å². The van der Waals surface area contributed by atoms with Crippen molar-refractivity contribution in [3.8, 4) is 0 Å². The lowest BCUT2D eigenvalue weighted by Gasteiger charge is -2.21. The minimum Gasteiger partial charge on any atom is -0.360 e. The molecule has 0 unspecified atom stereocenters. The summed E-state index contributed by atoms with van der Waals surface area (Å²) in [5, 5.41) is 6.94. The normalized spacial score (nSPS) is 29.3. The van der Waals surface area contributed by atoms with Crippen molar-refractivity contribution in [1.29, 1.82) is 0 Å². The van der Waals surface area contributed by atoms with Crippen molar-refractivity contribution in [2.45, 2.75) is 57.3 Å². The Balaban J connectivity index is 1.24. The molecule has 1 heterocycles. The molecule has 3 aliphatic carbocycles. The second-order valence-electron chi connectivity index (χ2n) is 7.16. The van der Waals surface area contributed by atoms with Crippen molar-refractivity contribution in [2.75, 3.05) is 6.54 Å². The lowest BCUT2D eigenvalue weighted by Crippen LogP contribution is -2.26. The fourth-order valence-electron chi connectivity index (χ4n) is 3.92. The maximum absolute atomic E-state index is 12.1. The van der Waals surface area contributed by atoms with Gasteiger partial charge in [0.2, 0.25) is 0 Å². The highest BCUT2D eigenvalue weighted by molar-refractivity contribution is 5.92. The molecule has 4 nitrogen and oxygen atoms in total. The lowest BCUT2D eigenvalue weighted by molar-refractivity contribution is 0.0941. The fourth-order valence-corrected chi connectivity index (χ4v) is 3.92. The van der Waals surface area contributed by atoms with Crippen LogP contribution in [-0.2, 0) is 0 Å². The molecular formula is C17H24N2O2. The van der Waals surface area contributed by atoms with Gasteiger partial charge >= 0.3 is 0 Å². The van der Waals surface area contributed by atoms with Crippen LogP contribution in [0.4, 0.5) is 0 Å². The van der Waals surface area contributed by atoms with Crippen molar-refractivity contribution in [1.82, 2.24) is 10.5 Å². The predicted molar refractivity (Wildman–Crippen MR) is 79.0 cm³/mol. The van der Waals surface area contributed by atoms with Crippen molar-refractivity contribution < 1.29 is 9.32 Å². The van der Waals surface area contributed by atoms with Crippen LogP contribution in [0.25, 0.3) is 0 Å². The average Bonchev–Trinajstić information content (AvgIpc) is 3.44. The molecule has 0 spiro atoms. The summed E-state index contributed by atoms with van der Waals surface area (Å²) in [5.41, 5.74) is 0.451. The highest BCUT2D eigenvalue weighted by atomic mass is 16.5. The van der Waals surface area contributed by atoms with E-state index in [-0.39, 0.29) is 5.91 Å². The Hall–Kier alpha value is -1.32. The van der Waals surface area contributed by atoms with Crippen LogP contribution in [0.3, 0.4) is 0 Å². The second-order valence-corrected chi connectivity index (χ2v) is 7.16. The molecule has 1 amide bonds. The van der Waals surface area contributed by atoms with Crippen molar-refractivity contribution >= 4 is 5.91 Å². The monoisotopic (exact) mass is 288 g/mol. The van der Waals surface area contributed by atoms with Crippen LogP contribution >= 0.6 is 0 Å². The average molecular weight is 288 g/mol. The summed E-state index contributed by atoms with van der Waals surface area (Å²) in [6, 6.07) is 1.82. The summed E-state index contributed by atoms with van der Waals surface area (Å²) < 4.78 is 5.24. The van der Waals surface area contributed by atoms with E-state index in [0.29, 0.717) is 17.5 Å². The van der Waals surface area contributed by atoms with Gasteiger partial charge in [-0.05, 0) is 37.0 Å². The zero-order chi connectivity index (χ0) is 14.2. The number of rotatable bonds is 5. The summed E-state index contributed by atoms with van der Waals surface area (Å²) in [7, 11) is 0. The van der Waals surface area contributed by atoms with Crippen molar-refractivity contribution in [3.63, 3.8) is 0 Å². The van der Waals surface area contributed by atoms with Gasteiger partial charge < -0.3 is 9.84 Å². The second kappa shape index (κ2) is 5.47. The van der Waals surface area contributed by atoms with Gasteiger partial charge in [-0.2, -0.15) is 0 Å². The molecule has 0 radical (unpaired) electrons. The Kier molecular flexibility index (Phi) is 3.48. The summed E-state index contributed by atoms with van der Waals surface area (Å²) in [4.78, 5) is 12.1. The molecule has 1 N–H and O–H groups in total. The van der Waals surface area contributed by atoms with Gasteiger partial charge in [-0.25, -0.2) is 0 Å². The molecule has 0 aliphatic heterocycles. The van der Waals surface area contributed by atoms with Crippen LogP contribution in [0.5, 0.6) is 0 Å². The van der Waals surface area contributed by atoms with E-state index in [1.807, 2.05) is 6.07 Å². The van der Waals surface area contributed by atoms with E-state index in [9.17, 15) is 4.79 Å². The first-order chi connectivity index (χ1) is 10.3. The highest BCUT2D eigenvalue weighted by Crippen LogP contribution is 2.49. The van der Waals surface area contributed by atoms with E-state index in [2.05, 4.69) is 10.5 Å². The fraction of sp³-hybridized carbons (Fsp3) is 0.765. The first-order valence-corrected chi connectivity index (χ1v) is 8.56. The van der Waals surface area contributed by atoms with Crippen molar-refractivity contribution in [3.05, 3.63) is 17.5 Å². The Morgan fingerprint density at radius 3 is 2.81 bits per heavy atom. The van der Waals surface area contributed by atoms with E-state index in [1.165, 1.54) is 51.4 Å².